The molecule has 0 N–H and O–H groups in total. The third kappa shape index (κ3) is 2.39. The molecule has 0 aliphatic carbocycles. The zero-order chi connectivity index (χ0) is 10.9. The molecular formula is C7H3Cl3O3S. The summed E-state index contributed by atoms with van der Waals surface area (Å²) in [6, 6.07) is 3.83. The molecule has 3 nitrogen and oxygen atoms in total. The summed E-state index contributed by atoms with van der Waals surface area (Å²) in [6.07, 6.45) is 0. The molecule has 0 amide bonds. The van der Waals surface area contributed by atoms with Gasteiger partial charge >= 0.3 is 0 Å². The van der Waals surface area contributed by atoms with Gasteiger partial charge in [0, 0.05) is 10.7 Å². The van der Waals surface area contributed by atoms with E-state index in [4.69, 9.17) is 33.9 Å². The quantitative estimate of drug-likeness (QED) is 0.778. The minimum absolute atomic E-state index is 0.0879. The van der Waals surface area contributed by atoms with Gasteiger partial charge in [-0.25, -0.2) is 8.42 Å². The summed E-state index contributed by atoms with van der Waals surface area (Å²) >= 11 is 10.8. The van der Waals surface area contributed by atoms with E-state index in [0.29, 0.717) is 0 Å². The van der Waals surface area contributed by atoms with Crippen LogP contribution in [-0.4, -0.2) is 13.7 Å². The van der Waals surface area contributed by atoms with E-state index in [0.717, 1.165) is 0 Å². The highest BCUT2D eigenvalue weighted by atomic mass is 35.7. The molecule has 7 heteroatoms. The van der Waals surface area contributed by atoms with Crippen molar-refractivity contribution in [2.24, 2.45) is 0 Å². The Balaban J connectivity index is 3.51. The highest BCUT2D eigenvalue weighted by Crippen LogP contribution is 2.28. The van der Waals surface area contributed by atoms with Crippen molar-refractivity contribution >= 4 is 48.2 Å². The molecule has 0 fully saturated rings. The smallest absolute Gasteiger partial charge is 0.262 e. The number of halogens is 3. The van der Waals surface area contributed by atoms with Crippen LogP contribution in [0.4, 0.5) is 0 Å². The summed E-state index contributed by atoms with van der Waals surface area (Å²) in [4.78, 5) is 10.5. The Morgan fingerprint density at radius 1 is 1.29 bits per heavy atom. The molecule has 14 heavy (non-hydrogen) atoms. The minimum Gasteiger partial charge on any atom is -0.276 e. The lowest BCUT2D eigenvalue weighted by Crippen LogP contribution is -1.97. The van der Waals surface area contributed by atoms with Gasteiger partial charge in [0.05, 0.1) is 10.6 Å². The maximum atomic E-state index is 11.0. The van der Waals surface area contributed by atoms with Crippen molar-refractivity contribution in [3.8, 4) is 0 Å². The van der Waals surface area contributed by atoms with Gasteiger partial charge in [-0.2, -0.15) is 0 Å². The van der Waals surface area contributed by atoms with E-state index >= 15 is 0 Å². The first-order chi connectivity index (χ1) is 6.34. The van der Waals surface area contributed by atoms with Crippen molar-refractivity contribution in [1.29, 1.82) is 0 Å². The largest absolute Gasteiger partial charge is 0.276 e. The molecule has 0 saturated heterocycles. The fraction of sp³-hybridized carbons (Fsp3) is 0. The Kier molecular flexibility index (Phi) is 3.42. The van der Waals surface area contributed by atoms with Crippen LogP contribution in [0.25, 0.3) is 0 Å². The van der Waals surface area contributed by atoms with E-state index in [2.05, 4.69) is 0 Å². The lowest BCUT2D eigenvalue weighted by atomic mass is 10.2. The predicted octanol–water partition coefficient (Wildman–Crippen LogP) is 2.65. The molecule has 0 spiro atoms. The van der Waals surface area contributed by atoms with Crippen LogP contribution >= 0.6 is 33.9 Å². The summed E-state index contributed by atoms with van der Waals surface area (Å²) in [7, 11) is 1.11. The number of hydrogen-bond donors (Lipinski definition) is 0. The highest BCUT2D eigenvalue weighted by molar-refractivity contribution is 8.13. The van der Waals surface area contributed by atoms with Crippen LogP contribution in [0.15, 0.2) is 23.1 Å². The van der Waals surface area contributed by atoms with Crippen molar-refractivity contribution < 1.29 is 13.2 Å². The van der Waals surface area contributed by atoms with E-state index in [1.807, 2.05) is 0 Å². The summed E-state index contributed by atoms with van der Waals surface area (Å²) in [5.74, 6) is 0. The third-order valence-corrected chi connectivity index (χ3v) is 3.52. The van der Waals surface area contributed by atoms with Crippen molar-refractivity contribution in [3.63, 3.8) is 0 Å². The van der Waals surface area contributed by atoms with Crippen LogP contribution in [0.5, 0.6) is 0 Å². The van der Waals surface area contributed by atoms with Gasteiger partial charge in [0.2, 0.25) is 0 Å². The summed E-state index contributed by atoms with van der Waals surface area (Å²) < 4.78 is 21.9. The molecule has 0 aliphatic rings. The lowest BCUT2D eigenvalue weighted by molar-refractivity contribution is 0.108. The van der Waals surface area contributed by atoms with Gasteiger partial charge in [-0.1, -0.05) is 17.7 Å². The predicted molar refractivity (Wildman–Crippen MR) is 54.7 cm³/mol. The van der Waals surface area contributed by atoms with E-state index in [-0.39, 0.29) is 15.5 Å². The second kappa shape index (κ2) is 4.06. The van der Waals surface area contributed by atoms with Crippen LogP contribution in [-0.2, 0) is 9.05 Å². The van der Waals surface area contributed by atoms with Gasteiger partial charge in [-0.15, -0.1) is 0 Å². The maximum absolute atomic E-state index is 11.0. The topological polar surface area (TPSA) is 51.2 Å². The van der Waals surface area contributed by atoms with Crippen molar-refractivity contribution in [1.82, 2.24) is 0 Å². The second-order valence-electron chi connectivity index (χ2n) is 2.33. The Morgan fingerprint density at radius 2 is 1.86 bits per heavy atom. The minimum atomic E-state index is -3.96. The Bertz CT molecular complexity index is 481. The van der Waals surface area contributed by atoms with Gasteiger partial charge in [0.25, 0.3) is 14.3 Å². The fourth-order valence-corrected chi connectivity index (χ4v) is 2.64. The van der Waals surface area contributed by atoms with E-state index in [9.17, 15) is 13.2 Å². The molecule has 0 atom stereocenters. The van der Waals surface area contributed by atoms with Gasteiger partial charge in [-0.3, -0.25) is 4.79 Å². The number of rotatable bonds is 2. The van der Waals surface area contributed by atoms with Gasteiger partial charge in [0.1, 0.15) is 4.90 Å². The molecule has 76 valence electrons. The SMILES string of the molecule is O=C(Cl)c1cccc(S(=O)(=O)Cl)c1Cl. The Morgan fingerprint density at radius 3 is 2.29 bits per heavy atom. The maximum Gasteiger partial charge on any atom is 0.262 e. The molecule has 0 radical (unpaired) electrons. The molecule has 0 aromatic heterocycles. The number of carbonyl (C=O) groups excluding carboxylic acids is 1. The summed E-state index contributed by atoms with van der Waals surface area (Å²) in [6.45, 7) is 0. The number of hydrogen-bond acceptors (Lipinski definition) is 3. The number of carbonyl (C=O) groups is 1. The molecule has 0 aliphatic heterocycles. The third-order valence-electron chi connectivity index (χ3n) is 1.44. The van der Waals surface area contributed by atoms with Crippen molar-refractivity contribution in [2.75, 3.05) is 0 Å². The molecule has 1 aromatic carbocycles. The first-order valence-corrected chi connectivity index (χ1v) is 6.33. The fourth-order valence-electron chi connectivity index (χ4n) is 0.851. The first kappa shape index (κ1) is 11.8. The summed E-state index contributed by atoms with van der Waals surface area (Å²) in [5.41, 5.74) is -0.0879. The number of benzene rings is 1. The van der Waals surface area contributed by atoms with E-state index in [1.54, 1.807) is 0 Å². The zero-order valence-electron chi connectivity index (χ0n) is 6.50. The van der Waals surface area contributed by atoms with Crippen LogP contribution in [0, 0.1) is 0 Å². The molecule has 0 bridgehead atoms. The van der Waals surface area contributed by atoms with E-state index < -0.39 is 14.3 Å². The second-order valence-corrected chi connectivity index (χ2v) is 5.58. The Hall–Kier alpha value is -0.290. The molecule has 0 saturated carbocycles. The molecule has 0 heterocycles. The first-order valence-electron chi connectivity index (χ1n) is 3.27. The van der Waals surface area contributed by atoms with Gasteiger partial charge in [0.15, 0.2) is 0 Å². The molecular weight excluding hydrogens is 270 g/mol. The van der Waals surface area contributed by atoms with Crippen LogP contribution in [0.1, 0.15) is 10.4 Å². The van der Waals surface area contributed by atoms with E-state index in [1.165, 1.54) is 18.2 Å². The van der Waals surface area contributed by atoms with Crippen LogP contribution < -0.4 is 0 Å². The van der Waals surface area contributed by atoms with Gasteiger partial charge in [-0.05, 0) is 23.7 Å². The van der Waals surface area contributed by atoms with Crippen molar-refractivity contribution in [2.45, 2.75) is 4.90 Å². The normalized spacial score (nSPS) is 11.4. The average molecular weight is 274 g/mol. The lowest BCUT2D eigenvalue weighted by Gasteiger charge is -2.02. The monoisotopic (exact) mass is 272 g/mol. The molecule has 1 rings (SSSR count). The zero-order valence-corrected chi connectivity index (χ0v) is 9.58. The van der Waals surface area contributed by atoms with Crippen molar-refractivity contribution in [3.05, 3.63) is 28.8 Å². The average Bonchev–Trinajstić information content (AvgIpc) is 2.01. The molecule has 0 unspecified atom stereocenters. The van der Waals surface area contributed by atoms with Gasteiger partial charge < -0.3 is 0 Å². The molecule has 1 aromatic rings. The Labute approximate surface area is 95.0 Å². The van der Waals surface area contributed by atoms with Crippen LogP contribution in [0.2, 0.25) is 5.02 Å². The highest BCUT2D eigenvalue weighted by Gasteiger charge is 2.19. The standard InChI is InChI=1S/C7H3Cl3O3S/c8-6-4(7(9)11)2-1-3-5(6)14(10,12)13/h1-3H. The summed E-state index contributed by atoms with van der Waals surface area (Å²) in [5, 5.41) is -1.10. The van der Waals surface area contributed by atoms with Crippen LogP contribution in [0.3, 0.4) is 0 Å².